The predicted molar refractivity (Wildman–Crippen MR) is 81.5 cm³/mol. The average molecular weight is 321 g/mol. The molecule has 5 nitrogen and oxygen atoms in total. The molecule has 2 bridgehead atoms. The van der Waals surface area contributed by atoms with Crippen molar-refractivity contribution in [3.8, 4) is 11.5 Å². The zero-order valence-corrected chi connectivity index (χ0v) is 13.0. The summed E-state index contributed by atoms with van der Waals surface area (Å²) in [5.41, 5.74) is 0. The van der Waals surface area contributed by atoms with Gasteiger partial charge < -0.3 is 9.47 Å². The lowest BCUT2D eigenvalue weighted by Crippen LogP contribution is -2.31. The van der Waals surface area contributed by atoms with Crippen LogP contribution in [0.4, 0.5) is 0 Å². The van der Waals surface area contributed by atoms with Crippen LogP contribution in [0.5, 0.6) is 11.5 Å². The molecule has 4 rings (SSSR count). The van der Waals surface area contributed by atoms with E-state index >= 15 is 0 Å². The molecule has 22 heavy (non-hydrogen) atoms. The Morgan fingerprint density at radius 1 is 1.09 bits per heavy atom. The lowest BCUT2D eigenvalue weighted by atomic mass is 9.94. The number of allylic oxidation sites excluding steroid dienone is 2. The summed E-state index contributed by atoms with van der Waals surface area (Å²) < 4.78 is 38.5. The highest BCUT2D eigenvalue weighted by molar-refractivity contribution is 7.89. The molecule has 0 amide bonds. The van der Waals surface area contributed by atoms with Crippen LogP contribution < -0.4 is 14.2 Å². The lowest BCUT2D eigenvalue weighted by molar-refractivity contribution is 0.171. The Kier molecular flexibility index (Phi) is 3.38. The number of hydrogen-bond acceptors (Lipinski definition) is 4. The maximum atomic E-state index is 12.5. The summed E-state index contributed by atoms with van der Waals surface area (Å²) in [6.45, 7) is 1.44. The van der Waals surface area contributed by atoms with Crippen LogP contribution in [0.3, 0.4) is 0 Å². The maximum absolute atomic E-state index is 12.5. The Bertz CT molecular complexity index is 713. The minimum absolute atomic E-state index is 0.232. The van der Waals surface area contributed by atoms with E-state index in [1.807, 2.05) is 0 Å². The third kappa shape index (κ3) is 2.50. The number of benzene rings is 1. The highest BCUT2D eigenvalue weighted by atomic mass is 32.2. The highest BCUT2D eigenvalue weighted by Crippen LogP contribution is 2.43. The number of ether oxygens (including phenoxy) is 2. The highest BCUT2D eigenvalue weighted by Gasteiger charge is 2.36. The summed E-state index contributed by atoms with van der Waals surface area (Å²) in [6.07, 6.45) is 6.76. The molecule has 1 saturated carbocycles. The van der Waals surface area contributed by atoms with E-state index in [4.69, 9.17) is 9.47 Å². The van der Waals surface area contributed by atoms with Crippen LogP contribution in [0.25, 0.3) is 0 Å². The van der Waals surface area contributed by atoms with Gasteiger partial charge in [0.2, 0.25) is 10.0 Å². The van der Waals surface area contributed by atoms with Gasteiger partial charge in [-0.3, -0.25) is 0 Å². The molecule has 0 aromatic heterocycles. The van der Waals surface area contributed by atoms with Gasteiger partial charge in [-0.1, -0.05) is 12.2 Å². The fourth-order valence-corrected chi connectivity index (χ4v) is 4.73. The minimum Gasteiger partial charge on any atom is -0.486 e. The molecule has 0 radical (unpaired) electrons. The first-order valence-corrected chi connectivity index (χ1v) is 9.18. The molecule has 1 aromatic carbocycles. The SMILES string of the molecule is O=S(=O)(NC[C@H]1C[C@@H]2C=C[C@H]1C2)c1ccc2c(c1)OCCO2. The maximum Gasteiger partial charge on any atom is 0.240 e. The van der Waals surface area contributed by atoms with Gasteiger partial charge in [0.15, 0.2) is 11.5 Å². The molecule has 0 spiro atoms. The molecule has 118 valence electrons. The molecule has 3 aliphatic rings. The Hall–Kier alpha value is -1.53. The predicted octanol–water partition coefficient (Wildman–Crippen LogP) is 1.95. The smallest absolute Gasteiger partial charge is 0.240 e. The number of fused-ring (bicyclic) bond motifs is 3. The zero-order valence-electron chi connectivity index (χ0n) is 12.2. The summed E-state index contributed by atoms with van der Waals surface area (Å²) in [4.78, 5) is 0.232. The van der Waals surface area contributed by atoms with Crippen molar-refractivity contribution in [2.24, 2.45) is 17.8 Å². The van der Waals surface area contributed by atoms with Crippen molar-refractivity contribution in [2.45, 2.75) is 17.7 Å². The summed E-state index contributed by atoms with van der Waals surface area (Å²) in [7, 11) is -3.51. The van der Waals surface area contributed by atoms with E-state index in [2.05, 4.69) is 16.9 Å². The quantitative estimate of drug-likeness (QED) is 0.861. The topological polar surface area (TPSA) is 64.6 Å². The molecule has 0 saturated heterocycles. The average Bonchev–Trinajstić information content (AvgIpc) is 3.15. The van der Waals surface area contributed by atoms with E-state index in [1.54, 1.807) is 12.1 Å². The van der Waals surface area contributed by atoms with Crippen LogP contribution in [-0.4, -0.2) is 28.2 Å². The standard InChI is InChI=1S/C16H19NO4S/c18-22(19,17-10-13-8-11-1-2-12(13)7-11)14-3-4-15-16(9-14)21-6-5-20-15/h1-4,9,11-13,17H,5-8,10H2/t11-,12+,13-/m1/s1. The summed E-state index contributed by atoms with van der Waals surface area (Å²) in [5, 5.41) is 0. The summed E-state index contributed by atoms with van der Waals surface area (Å²) in [6, 6.07) is 4.76. The van der Waals surface area contributed by atoms with Crippen LogP contribution >= 0.6 is 0 Å². The Morgan fingerprint density at radius 2 is 1.91 bits per heavy atom. The summed E-state index contributed by atoms with van der Waals surface area (Å²) >= 11 is 0. The van der Waals surface area contributed by atoms with Crippen LogP contribution in [-0.2, 0) is 10.0 Å². The van der Waals surface area contributed by atoms with E-state index in [9.17, 15) is 8.42 Å². The Balaban J connectivity index is 1.47. The van der Waals surface area contributed by atoms with Crippen LogP contribution in [0.15, 0.2) is 35.2 Å². The zero-order chi connectivity index (χ0) is 15.2. The second-order valence-electron chi connectivity index (χ2n) is 6.20. The Morgan fingerprint density at radius 3 is 2.64 bits per heavy atom. The largest absolute Gasteiger partial charge is 0.486 e. The van der Waals surface area contributed by atoms with Crippen molar-refractivity contribution in [3.05, 3.63) is 30.4 Å². The number of sulfonamides is 1. The first kappa shape index (κ1) is 14.1. The molecule has 1 fully saturated rings. The van der Waals surface area contributed by atoms with Gasteiger partial charge in [0.05, 0.1) is 4.90 Å². The van der Waals surface area contributed by atoms with Crippen molar-refractivity contribution in [3.63, 3.8) is 0 Å². The van der Waals surface area contributed by atoms with E-state index in [-0.39, 0.29) is 4.90 Å². The van der Waals surface area contributed by atoms with Crippen molar-refractivity contribution >= 4 is 10.0 Å². The first-order chi connectivity index (χ1) is 10.6. The molecule has 1 N–H and O–H groups in total. The van der Waals surface area contributed by atoms with Crippen molar-refractivity contribution in [2.75, 3.05) is 19.8 Å². The fraction of sp³-hybridized carbons (Fsp3) is 0.500. The molecule has 1 aliphatic heterocycles. The van der Waals surface area contributed by atoms with E-state index in [0.717, 1.165) is 6.42 Å². The van der Waals surface area contributed by atoms with Crippen LogP contribution in [0.1, 0.15) is 12.8 Å². The second-order valence-corrected chi connectivity index (χ2v) is 7.96. The van der Waals surface area contributed by atoms with Crippen LogP contribution in [0, 0.1) is 17.8 Å². The van der Waals surface area contributed by atoms with Gasteiger partial charge in [-0.05, 0) is 42.7 Å². The third-order valence-electron chi connectivity index (χ3n) is 4.78. The first-order valence-electron chi connectivity index (χ1n) is 7.69. The van der Waals surface area contributed by atoms with Gasteiger partial charge in [0, 0.05) is 12.6 Å². The molecule has 3 atom stereocenters. The van der Waals surface area contributed by atoms with Crippen molar-refractivity contribution in [1.82, 2.24) is 4.72 Å². The minimum atomic E-state index is -3.51. The monoisotopic (exact) mass is 321 g/mol. The molecular formula is C16H19NO4S. The normalized spacial score (nSPS) is 29.0. The second kappa shape index (κ2) is 5.28. The van der Waals surface area contributed by atoms with Gasteiger partial charge in [0.25, 0.3) is 0 Å². The number of rotatable bonds is 4. The van der Waals surface area contributed by atoms with Crippen LogP contribution in [0.2, 0.25) is 0 Å². The Labute approximate surface area is 130 Å². The van der Waals surface area contributed by atoms with Gasteiger partial charge in [-0.15, -0.1) is 0 Å². The molecule has 2 aliphatic carbocycles. The molecular weight excluding hydrogens is 302 g/mol. The van der Waals surface area contributed by atoms with E-state index in [0.29, 0.717) is 49.0 Å². The molecule has 1 aromatic rings. The van der Waals surface area contributed by atoms with Gasteiger partial charge in [0.1, 0.15) is 13.2 Å². The van der Waals surface area contributed by atoms with Gasteiger partial charge >= 0.3 is 0 Å². The van der Waals surface area contributed by atoms with E-state index in [1.165, 1.54) is 12.5 Å². The summed E-state index contributed by atoms with van der Waals surface area (Å²) in [5.74, 6) is 2.70. The fourth-order valence-electron chi connectivity index (χ4n) is 3.62. The van der Waals surface area contributed by atoms with Crippen molar-refractivity contribution in [1.29, 1.82) is 0 Å². The third-order valence-corrected chi connectivity index (χ3v) is 6.20. The molecule has 0 unspecified atom stereocenters. The van der Waals surface area contributed by atoms with Gasteiger partial charge in [-0.25, -0.2) is 13.1 Å². The number of nitrogens with one attached hydrogen (secondary N) is 1. The van der Waals surface area contributed by atoms with E-state index < -0.39 is 10.0 Å². The van der Waals surface area contributed by atoms with Gasteiger partial charge in [-0.2, -0.15) is 0 Å². The molecule has 1 heterocycles. The lowest BCUT2D eigenvalue weighted by Gasteiger charge is -2.20. The molecule has 6 heteroatoms. The number of hydrogen-bond donors (Lipinski definition) is 1. The van der Waals surface area contributed by atoms with Crippen molar-refractivity contribution < 1.29 is 17.9 Å².